The van der Waals surface area contributed by atoms with Crippen LogP contribution < -0.4 is 10.6 Å². The first-order chi connectivity index (χ1) is 9.06. The smallest absolute Gasteiger partial charge is 0.354 e. The largest absolute Gasteiger partial charge is 0.477 e. The third-order valence-electron chi connectivity index (χ3n) is 2.93. The average Bonchev–Trinajstić information content (AvgIpc) is 2.75. The number of urea groups is 1. The van der Waals surface area contributed by atoms with Gasteiger partial charge in [-0.3, -0.25) is 0 Å². The fourth-order valence-electron chi connectivity index (χ4n) is 1.85. The van der Waals surface area contributed by atoms with Crippen LogP contribution >= 0.6 is 0 Å². The molecule has 7 nitrogen and oxygen atoms in total. The van der Waals surface area contributed by atoms with Crippen LogP contribution in [0.2, 0.25) is 0 Å². The highest BCUT2D eigenvalue weighted by molar-refractivity contribution is 5.90. The van der Waals surface area contributed by atoms with Crippen molar-refractivity contribution in [2.45, 2.75) is 25.5 Å². The van der Waals surface area contributed by atoms with Crippen molar-refractivity contribution in [3.63, 3.8) is 0 Å². The van der Waals surface area contributed by atoms with Gasteiger partial charge >= 0.3 is 12.0 Å². The molecule has 0 aliphatic carbocycles. The van der Waals surface area contributed by atoms with Crippen molar-refractivity contribution < 1.29 is 19.4 Å². The van der Waals surface area contributed by atoms with E-state index in [4.69, 9.17) is 9.84 Å². The maximum absolute atomic E-state index is 11.7. The van der Waals surface area contributed by atoms with Gasteiger partial charge in [0.25, 0.3) is 0 Å². The van der Waals surface area contributed by atoms with Crippen molar-refractivity contribution >= 4 is 17.7 Å². The molecule has 1 fully saturated rings. The molecule has 1 aliphatic heterocycles. The fourth-order valence-corrected chi connectivity index (χ4v) is 1.85. The van der Waals surface area contributed by atoms with Gasteiger partial charge in [-0.05, 0) is 25.5 Å². The molecule has 0 saturated carbocycles. The van der Waals surface area contributed by atoms with Crippen LogP contribution in [-0.2, 0) is 4.74 Å². The molecule has 0 aromatic carbocycles. The van der Waals surface area contributed by atoms with E-state index >= 15 is 0 Å². The summed E-state index contributed by atoms with van der Waals surface area (Å²) in [4.78, 5) is 26.0. The Hall–Kier alpha value is -2.15. The molecule has 2 rings (SSSR count). The Morgan fingerprint density at radius 3 is 2.79 bits per heavy atom. The van der Waals surface area contributed by atoms with Crippen LogP contribution in [0, 0.1) is 0 Å². The minimum atomic E-state index is -1.10. The first-order valence-corrected chi connectivity index (χ1v) is 5.95. The van der Waals surface area contributed by atoms with Gasteiger partial charge in [0.1, 0.15) is 5.69 Å². The molecular formula is C12H15N3O4. The minimum Gasteiger partial charge on any atom is -0.477 e. The van der Waals surface area contributed by atoms with Gasteiger partial charge in [-0.2, -0.15) is 0 Å². The van der Waals surface area contributed by atoms with E-state index in [1.807, 2.05) is 6.92 Å². The zero-order valence-corrected chi connectivity index (χ0v) is 10.4. The molecule has 19 heavy (non-hydrogen) atoms. The molecule has 1 aliphatic rings. The molecule has 1 saturated heterocycles. The van der Waals surface area contributed by atoms with E-state index in [1.165, 1.54) is 18.3 Å². The number of aromatic carboxylic acids is 1. The highest BCUT2D eigenvalue weighted by Crippen LogP contribution is 2.13. The van der Waals surface area contributed by atoms with Gasteiger partial charge in [-0.25, -0.2) is 14.6 Å². The summed E-state index contributed by atoms with van der Waals surface area (Å²) >= 11 is 0. The predicted molar refractivity (Wildman–Crippen MR) is 67.2 cm³/mol. The lowest BCUT2D eigenvalue weighted by molar-refractivity contribution is 0.0690. The Morgan fingerprint density at radius 1 is 1.47 bits per heavy atom. The number of nitrogens with zero attached hydrogens (tertiary/aromatic N) is 1. The number of hydrogen-bond acceptors (Lipinski definition) is 4. The van der Waals surface area contributed by atoms with Gasteiger partial charge in [-0.15, -0.1) is 0 Å². The Labute approximate surface area is 110 Å². The van der Waals surface area contributed by atoms with Crippen LogP contribution in [0.15, 0.2) is 18.3 Å². The summed E-state index contributed by atoms with van der Waals surface area (Å²) in [5, 5.41) is 14.1. The molecule has 2 atom stereocenters. The number of rotatable bonds is 3. The normalized spacial score (nSPS) is 21.9. The first-order valence-electron chi connectivity index (χ1n) is 5.95. The zero-order chi connectivity index (χ0) is 13.8. The number of aromatic nitrogens is 1. The van der Waals surface area contributed by atoms with Gasteiger partial charge in [-0.1, -0.05) is 0 Å². The second-order valence-corrected chi connectivity index (χ2v) is 4.31. The molecule has 2 amide bonds. The van der Waals surface area contributed by atoms with Crippen molar-refractivity contribution in [1.29, 1.82) is 0 Å². The van der Waals surface area contributed by atoms with Crippen molar-refractivity contribution in [1.82, 2.24) is 10.3 Å². The molecule has 0 bridgehead atoms. The number of nitrogens with one attached hydrogen (secondary N) is 2. The molecular weight excluding hydrogens is 250 g/mol. The highest BCUT2D eigenvalue weighted by Gasteiger charge is 2.25. The van der Waals surface area contributed by atoms with Crippen molar-refractivity contribution in [3.05, 3.63) is 24.0 Å². The second kappa shape index (κ2) is 5.66. The van der Waals surface area contributed by atoms with Gasteiger partial charge < -0.3 is 20.5 Å². The summed E-state index contributed by atoms with van der Waals surface area (Å²) in [6.07, 6.45) is 2.08. The van der Waals surface area contributed by atoms with Crippen LogP contribution in [0.4, 0.5) is 10.5 Å². The van der Waals surface area contributed by atoms with Gasteiger partial charge in [0.2, 0.25) is 0 Å². The van der Waals surface area contributed by atoms with Crippen LogP contribution in [0.5, 0.6) is 0 Å². The molecule has 1 aromatic rings. The molecule has 1 aromatic heterocycles. The van der Waals surface area contributed by atoms with Crippen LogP contribution in [0.1, 0.15) is 23.8 Å². The molecule has 3 N–H and O–H groups in total. The number of carboxylic acids is 1. The van der Waals surface area contributed by atoms with E-state index in [-0.39, 0.29) is 23.9 Å². The predicted octanol–water partition coefficient (Wildman–Crippen LogP) is 1.08. The van der Waals surface area contributed by atoms with Gasteiger partial charge in [0, 0.05) is 6.61 Å². The topological polar surface area (TPSA) is 101 Å². The van der Waals surface area contributed by atoms with E-state index in [9.17, 15) is 9.59 Å². The van der Waals surface area contributed by atoms with E-state index in [0.717, 1.165) is 6.42 Å². The fraction of sp³-hybridized carbons (Fsp3) is 0.417. The van der Waals surface area contributed by atoms with Crippen molar-refractivity contribution in [2.24, 2.45) is 0 Å². The lowest BCUT2D eigenvalue weighted by Gasteiger charge is -2.16. The van der Waals surface area contributed by atoms with Crippen molar-refractivity contribution in [3.8, 4) is 0 Å². The summed E-state index contributed by atoms with van der Waals surface area (Å²) in [6.45, 7) is 2.54. The summed E-state index contributed by atoms with van der Waals surface area (Å²) in [6, 6.07) is 2.46. The van der Waals surface area contributed by atoms with E-state index in [1.54, 1.807) is 0 Å². The molecule has 102 valence electrons. The number of amides is 2. The summed E-state index contributed by atoms with van der Waals surface area (Å²) < 4.78 is 5.34. The summed E-state index contributed by atoms with van der Waals surface area (Å²) in [5.41, 5.74) is 0.373. The molecule has 0 radical (unpaired) electrons. The molecule has 2 heterocycles. The average molecular weight is 265 g/mol. The number of carbonyl (C=O) groups excluding carboxylic acids is 1. The van der Waals surface area contributed by atoms with E-state index in [2.05, 4.69) is 15.6 Å². The number of pyridine rings is 1. The molecule has 7 heteroatoms. The number of carboxylic acid groups (broad SMARTS) is 1. The molecule has 2 unspecified atom stereocenters. The number of anilines is 1. The maximum atomic E-state index is 11.7. The second-order valence-electron chi connectivity index (χ2n) is 4.31. The van der Waals surface area contributed by atoms with Gasteiger partial charge in [0.15, 0.2) is 0 Å². The third kappa shape index (κ3) is 3.41. The minimum absolute atomic E-state index is 0.00161. The number of ether oxygens (including phenoxy) is 1. The summed E-state index contributed by atoms with van der Waals surface area (Å²) in [5.74, 6) is -1.10. The third-order valence-corrected chi connectivity index (χ3v) is 2.93. The SMILES string of the molecule is CC1OCCC1NC(=O)Nc1ccc(C(=O)O)nc1. The monoisotopic (exact) mass is 265 g/mol. The maximum Gasteiger partial charge on any atom is 0.354 e. The van der Waals surface area contributed by atoms with Gasteiger partial charge in [0.05, 0.1) is 24.0 Å². The Balaban J connectivity index is 1.89. The quantitative estimate of drug-likeness (QED) is 0.759. The highest BCUT2D eigenvalue weighted by atomic mass is 16.5. The summed E-state index contributed by atoms with van der Waals surface area (Å²) in [7, 11) is 0. The van der Waals surface area contributed by atoms with Crippen LogP contribution in [0.3, 0.4) is 0 Å². The number of hydrogen-bond donors (Lipinski definition) is 3. The number of carbonyl (C=O) groups is 2. The zero-order valence-electron chi connectivity index (χ0n) is 10.4. The standard InChI is InChI=1S/C12H15N3O4/c1-7-9(4-5-19-7)15-12(18)14-8-2-3-10(11(16)17)13-6-8/h2-3,6-7,9H,4-5H2,1H3,(H,16,17)(H2,14,15,18). The van der Waals surface area contributed by atoms with E-state index < -0.39 is 5.97 Å². The lowest BCUT2D eigenvalue weighted by Crippen LogP contribution is -2.41. The Bertz CT molecular complexity index is 474. The van der Waals surface area contributed by atoms with E-state index in [0.29, 0.717) is 12.3 Å². The molecule has 0 spiro atoms. The Morgan fingerprint density at radius 2 is 2.26 bits per heavy atom. The van der Waals surface area contributed by atoms with Crippen molar-refractivity contribution in [2.75, 3.05) is 11.9 Å². The van der Waals surface area contributed by atoms with Crippen LogP contribution in [0.25, 0.3) is 0 Å². The Kier molecular flexibility index (Phi) is 3.96. The lowest BCUT2D eigenvalue weighted by atomic mass is 10.2. The first kappa shape index (κ1) is 13.3. The van der Waals surface area contributed by atoms with Crippen LogP contribution in [-0.4, -0.2) is 40.8 Å².